The van der Waals surface area contributed by atoms with E-state index in [2.05, 4.69) is 25.2 Å². The van der Waals surface area contributed by atoms with Gasteiger partial charge in [-0.05, 0) is 40.6 Å². The Balaban J connectivity index is 1.52. The van der Waals surface area contributed by atoms with Crippen molar-refractivity contribution in [3.05, 3.63) is 29.3 Å². The van der Waals surface area contributed by atoms with Gasteiger partial charge in [-0.15, -0.1) is 0 Å². The zero-order chi connectivity index (χ0) is 22.4. The summed E-state index contributed by atoms with van der Waals surface area (Å²) in [6, 6.07) is 4.47. The normalized spacial score (nSPS) is 17.9. The molecule has 2 atom stereocenters. The maximum Gasteiger partial charge on any atom is 0.255 e. The molecule has 5 amide bonds. The van der Waals surface area contributed by atoms with E-state index in [0.29, 0.717) is 36.2 Å². The molecule has 0 radical (unpaired) electrons. The molecule has 1 aromatic carbocycles. The fraction of sp³-hybridized carbons (Fsp3) is 0.476. The van der Waals surface area contributed by atoms with Gasteiger partial charge in [-0.1, -0.05) is 18.9 Å². The number of nitrogens with one attached hydrogen (secondary N) is 3. The number of rotatable bonds is 9. The summed E-state index contributed by atoms with van der Waals surface area (Å²) in [5.41, 5.74) is 1.62. The van der Waals surface area contributed by atoms with Gasteiger partial charge in [0.25, 0.3) is 5.91 Å². The topological polar surface area (TPSA) is 125 Å². The predicted molar refractivity (Wildman–Crippen MR) is 117 cm³/mol. The molecule has 3 rings (SSSR count). The molecule has 31 heavy (non-hydrogen) atoms. The van der Waals surface area contributed by atoms with Crippen molar-refractivity contribution >= 4 is 44.2 Å². The molecule has 2 unspecified atom stereocenters. The Kier molecular flexibility index (Phi) is 7.74. The number of nitrogens with zero attached hydrogens (tertiary/aromatic N) is 1. The number of piperidine rings is 1. The zero-order valence-electron chi connectivity index (χ0n) is 17.2. The van der Waals surface area contributed by atoms with Crippen molar-refractivity contribution in [2.45, 2.75) is 57.5 Å². The molecule has 1 fully saturated rings. The lowest BCUT2D eigenvalue weighted by atomic mass is 10.0. The van der Waals surface area contributed by atoms with Crippen LogP contribution in [0.15, 0.2) is 18.2 Å². The number of hydrogen-bond acceptors (Lipinski definition) is 5. The minimum absolute atomic E-state index is 0.121. The fourth-order valence-electron chi connectivity index (χ4n) is 3.89. The summed E-state index contributed by atoms with van der Waals surface area (Å²) in [4.78, 5) is 61.0. The van der Waals surface area contributed by atoms with Gasteiger partial charge in [0.05, 0.1) is 0 Å². The lowest BCUT2D eigenvalue weighted by Gasteiger charge is -2.29. The molecular formula is C21H27N4O5P. The maximum atomic E-state index is 12.8. The number of carbonyl (C=O) groups is 5. The lowest BCUT2D eigenvalue weighted by molar-refractivity contribution is -0.137. The van der Waals surface area contributed by atoms with Gasteiger partial charge in [-0.3, -0.25) is 29.3 Å². The van der Waals surface area contributed by atoms with Gasteiger partial charge in [0.1, 0.15) is 6.04 Å². The van der Waals surface area contributed by atoms with Crippen molar-refractivity contribution < 1.29 is 24.0 Å². The number of unbranched alkanes of at least 4 members (excludes halogenated alkanes) is 3. The molecule has 166 valence electrons. The summed E-state index contributed by atoms with van der Waals surface area (Å²) < 4.78 is 0. The number of fused-ring (bicyclic) bond motifs is 1. The summed E-state index contributed by atoms with van der Waals surface area (Å²) in [5, 5.41) is 7.88. The molecule has 2 heterocycles. The molecule has 0 aliphatic carbocycles. The highest BCUT2D eigenvalue weighted by atomic mass is 31.0. The first-order valence-corrected chi connectivity index (χ1v) is 11.0. The van der Waals surface area contributed by atoms with E-state index in [1.165, 1.54) is 4.90 Å². The first-order valence-electron chi connectivity index (χ1n) is 10.5. The van der Waals surface area contributed by atoms with Crippen LogP contribution >= 0.6 is 9.24 Å². The Hall–Kier alpha value is -2.80. The number of benzene rings is 1. The van der Waals surface area contributed by atoms with Gasteiger partial charge in [-0.25, -0.2) is 0 Å². The molecule has 1 saturated heterocycles. The van der Waals surface area contributed by atoms with Crippen LogP contribution in [0.4, 0.5) is 10.5 Å². The first-order chi connectivity index (χ1) is 14.9. The van der Waals surface area contributed by atoms with Crippen molar-refractivity contribution in [2.75, 3.05) is 11.9 Å². The van der Waals surface area contributed by atoms with E-state index < -0.39 is 11.9 Å². The van der Waals surface area contributed by atoms with Gasteiger partial charge < -0.3 is 15.5 Å². The second-order valence-electron chi connectivity index (χ2n) is 7.74. The van der Waals surface area contributed by atoms with E-state index in [0.717, 1.165) is 25.7 Å². The molecule has 0 saturated carbocycles. The second kappa shape index (κ2) is 10.5. The van der Waals surface area contributed by atoms with E-state index in [1.807, 2.05) is 0 Å². The quantitative estimate of drug-likeness (QED) is 0.304. The predicted octanol–water partition coefficient (Wildman–Crippen LogP) is 1.92. The Morgan fingerprint density at radius 1 is 1.13 bits per heavy atom. The Bertz CT molecular complexity index is 904. The van der Waals surface area contributed by atoms with Crippen molar-refractivity contribution in [1.82, 2.24) is 15.5 Å². The van der Waals surface area contributed by atoms with Gasteiger partial charge in [-0.2, -0.15) is 0 Å². The molecule has 9 nitrogen and oxygen atoms in total. The van der Waals surface area contributed by atoms with Crippen LogP contribution in [0.1, 0.15) is 60.9 Å². The SMILES string of the molecule is O=C(P)NCCCCCCC(=O)Nc1cccc2c1CN(C1CCC(=O)NC1=O)C2=O. The van der Waals surface area contributed by atoms with Crippen molar-refractivity contribution in [3.8, 4) is 0 Å². The monoisotopic (exact) mass is 446 g/mol. The van der Waals surface area contributed by atoms with E-state index in [-0.39, 0.29) is 36.3 Å². The third-order valence-electron chi connectivity index (χ3n) is 5.49. The van der Waals surface area contributed by atoms with E-state index in [4.69, 9.17) is 0 Å². The van der Waals surface area contributed by atoms with Crippen LogP contribution in [0.5, 0.6) is 0 Å². The molecule has 0 bridgehead atoms. The average Bonchev–Trinajstić information content (AvgIpc) is 3.05. The number of anilines is 1. The lowest BCUT2D eigenvalue weighted by Crippen LogP contribution is -2.52. The average molecular weight is 446 g/mol. The number of carbonyl (C=O) groups excluding carboxylic acids is 5. The number of hydrogen-bond donors (Lipinski definition) is 3. The second-order valence-corrected chi connectivity index (χ2v) is 8.26. The summed E-state index contributed by atoms with van der Waals surface area (Å²) in [5.74, 6) is -1.18. The minimum atomic E-state index is -0.683. The Morgan fingerprint density at radius 2 is 1.90 bits per heavy atom. The first kappa shape index (κ1) is 22.9. The highest BCUT2D eigenvalue weighted by molar-refractivity contribution is 7.39. The van der Waals surface area contributed by atoms with Gasteiger partial charge in [0, 0.05) is 42.7 Å². The third-order valence-corrected chi connectivity index (χ3v) is 5.69. The molecule has 0 aromatic heterocycles. The van der Waals surface area contributed by atoms with Crippen LogP contribution in [-0.2, 0) is 20.9 Å². The fourth-order valence-corrected chi connectivity index (χ4v) is 4.04. The number of amides is 5. The highest BCUT2D eigenvalue weighted by Crippen LogP contribution is 2.32. The maximum absolute atomic E-state index is 12.8. The molecule has 1 aromatic rings. The van der Waals surface area contributed by atoms with Crippen LogP contribution in [0.25, 0.3) is 0 Å². The van der Waals surface area contributed by atoms with Gasteiger partial charge in [0.15, 0.2) is 0 Å². The molecule has 2 aliphatic heterocycles. The summed E-state index contributed by atoms with van der Waals surface area (Å²) in [6.45, 7) is 0.848. The van der Waals surface area contributed by atoms with Crippen LogP contribution in [-0.4, -0.2) is 46.8 Å². The van der Waals surface area contributed by atoms with Crippen LogP contribution in [0.3, 0.4) is 0 Å². The molecule has 10 heteroatoms. The van der Waals surface area contributed by atoms with Crippen molar-refractivity contribution in [1.29, 1.82) is 0 Å². The molecule has 2 aliphatic rings. The number of imide groups is 1. The summed E-state index contributed by atoms with van der Waals surface area (Å²) in [7, 11) is 2.07. The van der Waals surface area contributed by atoms with E-state index in [1.54, 1.807) is 18.2 Å². The zero-order valence-corrected chi connectivity index (χ0v) is 18.4. The van der Waals surface area contributed by atoms with E-state index in [9.17, 15) is 24.0 Å². The molecule has 3 N–H and O–H groups in total. The van der Waals surface area contributed by atoms with Crippen molar-refractivity contribution in [3.63, 3.8) is 0 Å². The van der Waals surface area contributed by atoms with Crippen LogP contribution < -0.4 is 16.0 Å². The summed E-state index contributed by atoms with van der Waals surface area (Å²) in [6.07, 6.45) is 4.27. The summed E-state index contributed by atoms with van der Waals surface area (Å²) >= 11 is 0. The highest BCUT2D eigenvalue weighted by Gasteiger charge is 2.39. The van der Waals surface area contributed by atoms with Crippen LogP contribution in [0.2, 0.25) is 0 Å². The van der Waals surface area contributed by atoms with Crippen LogP contribution in [0, 0.1) is 0 Å². The molecule has 0 spiro atoms. The smallest absolute Gasteiger partial charge is 0.255 e. The molecular weight excluding hydrogens is 419 g/mol. The minimum Gasteiger partial charge on any atom is -0.353 e. The largest absolute Gasteiger partial charge is 0.353 e. The Morgan fingerprint density at radius 3 is 2.65 bits per heavy atom. The standard InChI is InChI=1S/C21H27N4O5P/c26-17(8-3-1-2-4-11-22-21(30)31)23-15-7-5-6-13-14(15)12-25(20(13)29)16-9-10-18(27)24-19(16)28/h5-7,16H,1-4,8-12,31H2,(H,22,30)(H,23,26)(H,24,27,28). The Labute approximate surface area is 182 Å². The van der Waals surface area contributed by atoms with Gasteiger partial charge in [0.2, 0.25) is 23.4 Å². The van der Waals surface area contributed by atoms with E-state index >= 15 is 0 Å². The third kappa shape index (κ3) is 5.88. The van der Waals surface area contributed by atoms with Crippen molar-refractivity contribution in [2.24, 2.45) is 0 Å². The van der Waals surface area contributed by atoms with Gasteiger partial charge >= 0.3 is 0 Å².